The number of aromatic nitrogens is 2. The number of benzene rings is 2. The van der Waals surface area contributed by atoms with Crippen LogP contribution >= 0.6 is 0 Å². The minimum atomic E-state index is -0.625. The van der Waals surface area contributed by atoms with Gasteiger partial charge in [-0.15, -0.1) is 0 Å². The van der Waals surface area contributed by atoms with Crippen LogP contribution in [-0.4, -0.2) is 40.6 Å². The predicted octanol–water partition coefficient (Wildman–Crippen LogP) is 4.58. The summed E-state index contributed by atoms with van der Waals surface area (Å²) in [4.78, 5) is 31.6. The second-order valence-corrected chi connectivity index (χ2v) is 7.87. The summed E-state index contributed by atoms with van der Waals surface area (Å²) in [6, 6.07) is 19.2. The molecule has 2 aromatic carbocycles. The first-order valence-corrected chi connectivity index (χ1v) is 10.8. The average molecular weight is 444 g/mol. The number of fused-ring (bicyclic) bond motifs is 1. The number of amides is 1. The van der Waals surface area contributed by atoms with Gasteiger partial charge in [0.15, 0.2) is 6.61 Å². The first-order chi connectivity index (χ1) is 16.0. The van der Waals surface area contributed by atoms with E-state index in [2.05, 4.69) is 17.1 Å². The lowest BCUT2D eigenvalue weighted by atomic mass is 10.1. The maximum atomic E-state index is 13.0. The van der Waals surface area contributed by atoms with E-state index < -0.39 is 5.97 Å². The van der Waals surface area contributed by atoms with E-state index in [4.69, 9.17) is 9.26 Å². The van der Waals surface area contributed by atoms with Gasteiger partial charge in [-0.25, -0.2) is 9.78 Å². The smallest absolute Gasteiger partial charge is 0.339 e. The maximum absolute atomic E-state index is 13.0. The van der Waals surface area contributed by atoms with Crippen molar-refractivity contribution in [1.82, 2.24) is 15.0 Å². The largest absolute Gasteiger partial charge is 0.452 e. The zero-order valence-corrected chi connectivity index (χ0v) is 18.9. The number of ether oxygens (including phenoxy) is 1. The standard InChI is InChI=1S/C26H25N3O4/c1-4-18-10-12-19(13-11-18)15-29(3)23(30)16-32-26(31)21-14-22(20-8-6-5-7-9-20)27-25-24(21)17(2)28-33-25/h5-14H,4,15-16H2,1-3H3. The summed E-state index contributed by atoms with van der Waals surface area (Å²) in [5.41, 5.74) is 4.69. The highest BCUT2D eigenvalue weighted by Gasteiger charge is 2.22. The van der Waals surface area contributed by atoms with E-state index in [1.54, 1.807) is 20.0 Å². The van der Waals surface area contributed by atoms with Crippen LogP contribution in [0.4, 0.5) is 0 Å². The molecule has 7 heteroatoms. The fourth-order valence-corrected chi connectivity index (χ4v) is 3.57. The van der Waals surface area contributed by atoms with Crippen molar-refractivity contribution >= 4 is 23.0 Å². The summed E-state index contributed by atoms with van der Waals surface area (Å²) >= 11 is 0. The number of likely N-dealkylation sites (N-methyl/N-ethyl adjacent to an activating group) is 1. The van der Waals surface area contributed by atoms with Gasteiger partial charge in [-0.3, -0.25) is 4.79 Å². The van der Waals surface area contributed by atoms with Gasteiger partial charge in [-0.1, -0.05) is 66.7 Å². The molecular formula is C26H25N3O4. The van der Waals surface area contributed by atoms with Crippen molar-refractivity contribution < 1.29 is 18.8 Å². The number of rotatable bonds is 7. The molecule has 0 saturated heterocycles. The van der Waals surface area contributed by atoms with Crippen molar-refractivity contribution in [2.24, 2.45) is 0 Å². The molecule has 2 aromatic heterocycles. The highest BCUT2D eigenvalue weighted by Crippen LogP contribution is 2.27. The van der Waals surface area contributed by atoms with Crippen LogP contribution in [0.5, 0.6) is 0 Å². The van der Waals surface area contributed by atoms with Crippen LogP contribution in [0.1, 0.15) is 34.1 Å². The molecule has 4 aromatic rings. The first-order valence-electron chi connectivity index (χ1n) is 10.8. The predicted molar refractivity (Wildman–Crippen MR) is 125 cm³/mol. The number of pyridine rings is 1. The molecule has 0 aliphatic heterocycles. The summed E-state index contributed by atoms with van der Waals surface area (Å²) < 4.78 is 10.7. The average Bonchev–Trinajstić information content (AvgIpc) is 3.23. The van der Waals surface area contributed by atoms with Crippen LogP contribution in [-0.2, 0) is 22.5 Å². The van der Waals surface area contributed by atoms with Crippen molar-refractivity contribution in [2.45, 2.75) is 26.8 Å². The van der Waals surface area contributed by atoms with E-state index >= 15 is 0 Å². The Hall–Kier alpha value is -4.00. The van der Waals surface area contributed by atoms with E-state index in [0.29, 0.717) is 23.3 Å². The molecule has 4 rings (SSSR count). The molecular weight excluding hydrogens is 418 g/mol. The molecule has 0 N–H and O–H groups in total. The third kappa shape index (κ3) is 4.92. The van der Waals surface area contributed by atoms with Crippen LogP contribution in [0.25, 0.3) is 22.4 Å². The Bertz CT molecular complexity index is 1280. The number of hydrogen-bond donors (Lipinski definition) is 0. The molecule has 0 aliphatic carbocycles. The molecule has 0 atom stereocenters. The molecule has 0 unspecified atom stereocenters. The molecule has 0 aliphatic rings. The zero-order valence-electron chi connectivity index (χ0n) is 18.9. The van der Waals surface area contributed by atoms with Crippen molar-refractivity contribution in [2.75, 3.05) is 13.7 Å². The van der Waals surface area contributed by atoms with E-state index in [1.165, 1.54) is 10.5 Å². The number of carbonyl (C=O) groups is 2. The van der Waals surface area contributed by atoms with Crippen LogP contribution in [0.15, 0.2) is 65.2 Å². The van der Waals surface area contributed by atoms with E-state index in [-0.39, 0.29) is 23.8 Å². The van der Waals surface area contributed by atoms with Gasteiger partial charge in [-0.05, 0) is 30.5 Å². The van der Waals surface area contributed by atoms with Gasteiger partial charge < -0.3 is 14.2 Å². The maximum Gasteiger partial charge on any atom is 0.339 e. The van der Waals surface area contributed by atoms with Crippen LogP contribution in [0.3, 0.4) is 0 Å². The fourth-order valence-electron chi connectivity index (χ4n) is 3.57. The SMILES string of the molecule is CCc1ccc(CN(C)C(=O)COC(=O)c2cc(-c3ccccc3)nc3onc(C)c23)cc1. The molecule has 0 fully saturated rings. The lowest BCUT2D eigenvalue weighted by Crippen LogP contribution is -2.30. The van der Waals surface area contributed by atoms with Gasteiger partial charge in [0.1, 0.15) is 0 Å². The van der Waals surface area contributed by atoms with Gasteiger partial charge >= 0.3 is 5.97 Å². The second-order valence-electron chi connectivity index (χ2n) is 7.87. The van der Waals surface area contributed by atoms with Gasteiger partial charge in [0.2, 0.25) is 0 Å². The molecule has 7 nitrogen and oxygen atoms in total. The van der Waals surface area contributed by atoms with Crippen molar-refractivity contribution in [3.63, 3.8) is 0 Å². The second kappa shape index (κ2) is 9.65. The Morgan fingerprint density at radius 1 is 1.03 bits per heavy atom. The molecule has 0 bridgehead atoms. The highest BCUT2D eigenvalue weighted by atomic mass is 16.5. The van der Waals surface area contributed by atoms with Crippen LogP contribution < -0.4 is 0 Å². The van der Waals surface area contributed by atoms with E-state index in [1.807, 2.05) is 54.6 Å². The van der Waals surface area contributed by atoms with Crippen molar-refractivity contribution in [3.05, 3.63) is 83.0 Å². The van der Waals surface area contributed by atoms with Gasteiger partial charge in [-0.2, -0.15) is 0 Å². The highest BCUT2D eigenvalue weighted by molar-refractivity contribution is 6.04. The normalized spacial score (nSPS) is 10.9. The van der Waals surface area contributed by atoms with Crippen LogP contribution in [0.2, 0.25) is 0 Å². The number of nitrogens with zero attached hydrogens (tertiary/aromatic N) is 3. The topological polar surface area (TPSA) is 85.5 Å². The van der Waals surface area contributed by atoms with E-state index in [0.717, 1.165) is 17.5 Å². The van der Waals surface area contributed by atoms with Gasteiger partial charge in [0, 0.05) is 19.2 Å². The Balaban J connectivity index is 1.49. The number of aryl methyl sites for hydroxylation is 2. The molecule has 0 saturated carbocycles. The van der Waals surface area contributed by atoms with Crippen molar-refractivity contribution in [3.8, 4) is 11.3 Å². The Kier molecular flexibility index (Phi) is 6.49. The minimum absolute atomic E-state index is 0.250. The summed E-state index contributed by atoms with van der Waals surface area (Å²) in [5, 5.41) is 4.42. The van der Waals surface area contributed by atoms with Crippen LogP contribution in [0, 0.1) is 6.92 Å². The Labute approximate surface area is 192 Å². The molecule has 33 heavy (non-hydrogen) atoms. The number of carbonyl (C=O) groups excluding carboxylic acids is 2. The van der Waals surface area contributed by atoms with Gasteiger partial charge in [0.05, 0.1) is 22.3 Å². The quantitative estimate of drug-likeness (QED) is 0.389. The third-order valence-corrected chi connectivity index (χ3v) is 5.51. The molecule has 1 amide bonds. The molecule has 0 spiro atoms. The Morgan fingerprint density at radius 2 is 1.73 bits per heavy atom. The van der Waals surface area contributed by atoms with E-state index in [9.17, 15) is 9.59 Å². The molecule has 168 valence electrons. The number of hydrogen-bond acceptors (Lipinski definition) is 6. The molecule has 0 radical (unpaired) electrons. The summed E-state index contributed by atoms with van der Waals surface area (Å²) in [5.74, 6) is -0.918. The minimum Gasteiger partial charge on any atom is -0.452 e. The third-order valence-electron chi connectivity index (χ3n) is 5.51. The summed E-state index contributed by atoms with van der Waals surface area (Å²) in [7, 11) is 1.69. The molecule has 2 heterocycles. The summed E-state index contributed by atoms with van der Waals surface area (Å²) in [6.45, 7) is 3.90. The lowest BCUT2D eigenvalue weighted by molar-refractivity contribution is -0.133. The lowest BCUT2D eigenvalue weighted by Gasteiger charge is -2.17. The van der Waals surface area contributed by atoms with Gasteiger partial charge in [0.25, 0.3) is 11.6 Å². The van der Waals surface area contributed by atoms with Crippen molar-refractivity contribution in [1.29, 1.82) is 0 Å². The summed E-state index contributed by atoms with van der Waals surface area (Å²) in [6.07, 6.45) is 0.963. The monoisotopic (exact) mass is 443 g/mol. The number of esters is 1. The first kappa shape index (κ1) is 22.2. The fraction of sp³-hybridized carbons (Fsp3) is 0.231. The zero-order chi connectivity index (χ0) is 23.4. The Morgan fingerprint density at radius 3 is 2.42 bits per heavy atom.